The van der Waals surface area contributed by atoms with Crippen molar-refractivity contribution in [2.24, 2.45) is 5.92 Å². The highest BCUT2D eigenvalue weighted by Crippen LogP contribution is 2.33. The van der Waals surface area contributed by atoms with Crippen LogP contribution in [0.1, 0.15) is 57.4 Å². The van der Waals surface area contributed by atoms with E-state index in [4.69, 9.17) is 4.74 Å². The number of sulfonamides is 1. The molecule has 1 saturated carbocycles. The van der Waals surface area contributed by atoms with Gasteiger partial charge in [-0.05, 0) is 56.2 Å². The van der Waals surface area contributed by atoms with Gasteiger partial charge in [0.2, 0.25) is 15.9 Å². The molecule has 1 aliphatic heterocycles. The fourth-order valence-electron chi connectivity index (χ4n) is 4.38. The molecule has 7 heteroatoms. The number of piperidine rings is 1. The molecule has 29 heavy (non-hydrogen) atoms. The van der Waals surface area contributed by atoms with Crippen LogP contribution in [0.5, 0.6) is 5.75 Å². The summed E-state index contributed by atoms with van der Waals surface area (Å²) in [4.78, 5) is 15.0. The van der Waals surface area contributed by atoms with Crippen molar-refractivity contribution in [3.05, 3.63) is 23.8 Å². The number of ether oxygens (including phenoxy) is 1. The summed E-state index contributed by atoms with van der Waals surface area (Å²) in [5.74, 6) is 0.863. The molecule has 0 N–H and O–H groups in total. The SMILES string of the molecule is COc1ccc(C)cc1S(=O)(=O)N(CC(=O)N1CCC(C)CC1)C1CCCCC1. The minimum atomic E-state index is -3.85. The minimum absolute atomic E-state index is 0.0848. The molecule has 1 heterocycles. The summed E-state index contributed by atoms with van der Waals surface area (Å²) in [6.07, 6.45) is 6.68. The number of rotatable bonds is 6. The Kier molecular flexibility index (Phi) is 7.22. The van der Waals surface area contributed by atoms with E-state index in [-0.39, 0.29) is 23.4 Å². The Morgan fingerprint density at radius 1 is 1.14 bits per heavy atom. The summed E-state index contributed by atoms with van der Waals surface area (Å²) in [6, 6.07) is 5.04. The molecule has 162 valence electrons. The third kappa shape index (κ3) is 5.12. The van der Waals surface area contributed by atoms with Gasteiger partial charge in [0.25, 0.3) is 0 Å². The molecule has 1 aromatic rings. The van der Waals surface area contributed by atoms with Crippen LogP contribution < -0.4 is 4.74 Å². The maximum absolute atomic E-state index is 13.7. The van der Waals surface area contributed by atoms with Crippen molar-refractivity contribution in [3.8, 4) is 5.75 Å². The van der Waals surface area contributed by atoms with Crippen molar-refractivity contribution in [2.45, 2.75) is 69.7 Å². The van der Waals surface area contributed by atoms with Crippen LogP contribution in [0.4, 0.5) is 0 Å². The largest absolute Gasteiger partial charge is 0.495 e. The Morgan fingerprint density at radius 3 is 2.41 bits per heavy atom. The number of methoxy groups -OCH3 is 1. The number of benzene rings is 1. The summed E-state index contributed by atoms with van der Waals surface area (Å²) in [7, 11) is -2.37. The maximum Gasteiger partial charge on any atom is 0.247 e. The second kappa shape index (κ2) is 9.47. The van der Waals surface area contributed by atoms with Crippen LogP contribution >= 0.6 is 0 Å². The number of carbonyl (C=O) groups excluding carboxylic acids is 1. The second-order valence-corrected chi connectivity index (χ2v) is 10.4. The van der Waals surface area contributed by atoms with Crippen LogP contribution in [0.25, 0.3) is 0 Å². The lowest BCUT2D eigenvalue weighted by Gasteiger charge is -2.36. The van der Waals surface area contributed by atoms with E-state index in [2.05, 4.69) is 6.92 Å². The summed E-state index contributed by atoms with van der Waals surface area (Å²) >= 11 is 0. The zero-order chi connectivity index (χ0) is 21.0. The molecule has 1 aromatic carbocycles. The van der Waals surface area contributed by atoms with Crippen LogP contribution in [0, 0.1) is 12.8 Å². The van der Waals surface area contributed by atoms with Gasteiger partial charge in [0, 0.05) is 19.1 Å². The monoisotopic (exact) mass is 422 g/mol. The fraction of sp³-hybridized carbons (Fsp3) is 0.682. The minimum Gasteiger partial charge on any atom is -0.495 e. The predicted molar refractivity (Wildman–Crippen MR) is 113 cm³/mol. The molecular formula is C22H34N2O4S. The maximum atomic E-state index is 13.7. The molecule has 0 radical (unpaired) electrons. The number of amides is 1. The standard InChI is InChI=1S/C22H34N2O4S/c1-17-11-13-23(14-12-17)22(25)16-24(19-7-5-4-6-8-19)29(26,27)21-15-18(2)9-10-20(21)28-3/h9-10,15,17,19H,4-8,11-14,16H2,1-3H3. The van der Waals surface area contributed by atoms with Gasteiger partial charge in [-0.25, -0.2) is 8.42 Å². The van der Waals surface area contributed by atoms with Crippen LogP contribution in [0.2, 0.25) is 0 Å². The number of hydrogen-bond acceptors (Lipinski definition) is 4. The van der Waals surface area contributed by atoms with Crippen LogP contribution in [-0.2, 0) is 14.8 Å². The van der Waals surface area contributed by atoms with E-state index in [0.717, 1.165) is 50.5 Å². The molecule has 0 aromatic heterocycles. The Balaban J connectivity index is 1.90. The van der Waals surface area contributed by atoms with Crippen molar-refractivity contribution in [1.82, 2.24) is 9.21 Å². The van der Waals surface area contributed by atoms with E-state index in [1.54, 1.807) is 12.1 Å². The zero-order valence-corrected chi connectivity index (χ0v) is 18.7. The third-order valence-corrected chi connectivity index (χ3v) is 8.23. The predicted octanol–water partition coefficient (Wildman–Crippen LogP) is 3.59. The Hall–Kier alpha value is -1.60. The van der Waals surface area contributed by atoms with Crippen molar-refractivity contribution in [1.29, 1.82) is 0 Å². The normalized spacial score (nSPS) is 19.5. The van der Waals surface area contributed by atoms with Gasteiger partial charge in [0.05, 0.1) is 13.7 Å². The molecule has 2 fully saturated rings. The number of nitrogens with zero attached hydrogens (tertiary/aromatic N) is 2. The molecule has 6 nitrogen and oxygen atoms in total. The highest BCUT2D eigenvalue weighted by atomic mass is 32.2. The fourth-order valence-corrected chi connectivity index (χ4v) is 6.26. The van der Waals surface area contributed by atoms with Crippen molar-refractivity contribution >= 4 is 15.9 Å². The van der Waals surface area contributed by atoms with E-state index >= 15 is 0 Å². The van der Waals surface area contributed by atoms with Gasteiger partial charge in [-0.1, -0.05) is 32.3 Å². The van der Waals surface area contributed by atoms with Gasteiger partial charge < -0.3 is 9.64 Å². The average molecular weight is 423 g/mol. The first kappa shape index (κ1) is 22.1. The van der Waals surface area contributed by atoms with Crippen LogP contribution in [0.3, 0.4) is 0 Å². The Labute approximate surface area is 175 Å². The van der Waals surface area contributed by atoms with Gasteiger partial charge in [-0.2, -0.15) is 4.31 Å². The van der Waals surface area contributed by atoms with Gasteiger partial charge in [-0.3, -0.25) is 4.79 Å². The van der Waals surface area contributed by atoms with E-state index < -0.39 is 10.0 Å². The summed E-state index contributed by atoms with van der Waals surface area (Å²) < 4.78 is 34.2. The highest BCUT2D eigenvalue weighted by Gasteiger charge is 2.37. The van der Waals surface area contributed by atoms with E-state index in [1.807, 2.05) is 17.9 Å². The summed E-state index contributed by atoms with van der Waals surface area (Å²) in [5.41, 5.74) is 0.851. The first-order valence-corrected chi connectivity index (χ1v) is 12.2. The van der Waals surface area contributed by atoms with E-state index in [0.29, 0.717) is 24.8 Å². The molecular weight excluding hydrogens is 388 g/mol. The molecule has 1 aliphatic carbocycles. The van der Waals surface area contributed by atoms with Crippen LogP contribution in [0.15, 0.2) is 23.1 Å². The molecule has 0 atom stereocenters. The van der Waals surface area contributed by atoms with E-state index in [9.17, 15) is 13.2 Å². The molecule has 0 spiro atoms. The molecule has 1 saturated heterocycles. The lowest BCUT2D eigenvalue weighted by Crippen LogP contribution is -2.49. The van der Waals surface area contributed by atoms with E-state index in [1.165, 1.54) is 11.4 Å². The second-order valence-electron chi connectivity index (χ2n) is 8.56. The van der Waals surface area contributed by atoms with Gasteiger partial charge in [0.1, 0.15) is 10.6 Å². The smallest absolute Gasteiger partial charge is 0.247 e. The number of aryl methyl sites for hydroxylation is 1. The quantitative estimate of drug-likeness (QED) is 0.703. The number of likely N-dealkylation sites (tertiary alicyclic amines) is 1. The molecule has 0 bridgehead atoms. The van der Waals surface area contributed by atoms with Crippen molar-refractivity contribution in [2.75, 3.05) is 26.7 Å². The molecule has 0 unspecified atom stereocenters. The zero-order valence-electron chi connectivity index (χ0n) is 17.9. The van der Waals surface area contributed by atoms with Gasteiger partial charge in [0.15, 0.2) is 0 Å². The van der Waals surface area contributed by atoms with Gasteiger partial charge >= 0.3 is 0 Å². The summed E-state index contributed by atoms with van der Waals surface area (Å²) in [6.45, 7) is 5.41. The van der Waals surface area contributed by atoms with Gasteiger partial charge in [-0.15, -0.1) is 0 Å². The third-order valence-electron chi connectivity index (χ3n) is 6.32. The Bertz CT molecular complexity index is 810. The Morgan fingerprint density at radius 2 is 1.79 bits per heavy atom. The molecule has 3 rings (SSSR count). The lowest BCUT2D eigenvalue weighted by molar-refractivity contribution is -0.133. The van der Waals surface area contributed by atoms with Crippen molar-refractivity contribution < 1.29 is 17.9 Å². The first-order chi connectivity index (χ1) is 13.8. The number of carbonyl (C=O) groups is 1. The highest BCUT2D eigenvalue weighted by molar-refractivity contribution is 7.89. The van der Waals surface area contributed by atoms with Crippen LogP contribution in [-0.4, -0.2) is 56.3 Å². The lowest BCUT2D eigenvalue weighted by atomic mass is 9.95. The topological polar surface area (TPSA) is 66.9 Å². The van der Waals surface area contributed by atoms with Crippen molar-refractivity contribution in [3.63, 3.8) is 0 Å². The summed E-state index contributed by atoms with van der Waals surface area (Å²) in [5, 5.41) is 0. The number of hydrogen-bond donors (Lipinski definition) is 0. The first-order valence-electron chi connectivity index (χ1n) is 10.8. The average Bonchev–Trinajstić information content (AvgIpc) is 2.72. The molecule has 1 amide bonds. The molecule has 2 aliphatic rings.